The van der Waals surface area contributed by atoms with Crippen molar-refractivity contribution in [3.8, 4) is 0 Å². The molecule has 1 aliphatic heterocycles. The third kappa shape index (κ3) is 2.79. The molecule has 0 bridgehead atoms. The van der Waals surface area contributed by atoms with Gasteiger partial charge >= 0.3 is 0 Å². The summed E-state index contributed by atoms with van der Waals surface area (Å²) in [5.41, 5.74) is 0.585. The predicted octanol–water partition coefficient (Wildman–Crippen LogP) is 0.744. The lowest BCUT2D eigenvalue weighted by Gasteiger charge is -2.31. The van der Waals surface area contributed by atoms with E-state index in [4.69, 9.17) is 0 Å². The number of hydrogen-bond acceptors (Lipinski definition) is 4. The highest BCUT2D eigenvalue weighted by Crippen LogP contribution is 2.18. The summed E-state index contributed by atoms with van der Waals surface area (Å²) in [6, 6.07) is 3.63. The predicted molar refractivity (Wildman–Crippen MR) is 69.7 cm³/mol. The number of piperidine rings is 1. The van der Waals surface area contributed by atoms with E-state index in [2.05, 4.69) is 9.88 Å². The fourth-order valence-corrected chi connectivity index (χ4v) is 2.12. The summed E-state index contributed by atoms with van der Waals surface area (Å²) in [6.07, 6.45) is 3.15. The fraction of sp³-hybridized carbons (Fsp3) is 0.538. The van der Waals surface area contributed by atoms with E-state index >= 15 is 0 Å². The van der Waals surface area contributed by atoms with Crippen LogP contribution in [0.25, 0.3) is 0 Å². The number of hydrogen-bond donors (Lipinski definition) is 1. The van der Waals surface area contributed by atoms with Crippen LogP contribution < -0.4 is 4.90 Å². The molecule has 1 saturated heterocycles. The van der Waals surface area contributed by atoms with Gasteiger partial charge in [0.15, 0.2) is 0 Å². The molecule has 0 spiro atoms. The van der Waals surface area contributed by atoms with E-state index in [1.807, 2.05) is 6.07 Å². The molecule has 1 amide bonds. The first-order valence-electron chi connectivity index (χ1n) is 6.18. The van der Waals surface area contributed by atoms with Crippen molar-refractivity contribution < 1.29 is 9.90 Å². The molecule has 0 unspecified atom stereocenters. The van der Waals surface area contributed by atoms with Crippen molar-refractivity contribution in [1.82, 2.24) is 9.88 Å². The molecular weight excluding hydrogens is 230 g/mol. The van der Waals surface area contributed by atoms with E-state index in [1.54, 1.807) is 26.4 Å². The first-order valence-corrected chi connectivity index (χ1v) is 6.18. The molecule has 98 valence electrons. The molecular formula is C13H19N3O2. The number of carbonyl (C=O) groups excluding carboxylic acids is 1. The number of pyridine rings is 1. The first kappa shape index (κ1) is 12.8. The standard InChI is InChI=1S/C13H19N3O2/c1-15(2)13(18)10-5-6-12(14-8-10)16-7-3-4-11(17)9-16/h5-6,8,11,17H,3-4,7,9H2,1-2H3/t11-/m0/s1. The van der Waals surface area contributed by atoms with Gasteiger partial charge in [0.2, 0.25) is 0 Å². The van der Waals surface area contributed by atoms with Gasteiger partial charge in [0.1, 0.15) is 5.82 Å². The summed E-state index contributed by atoms with van der Waals surface area (Å²) in [7, 11) is 3.44. The molecule has 1 aliphatic rings. The van der Waals surface area contributed by atoms with Gasteiger partial charge in [0.05, 0.1) is 11.7 Å². The maximum absolute atomic E-state index is 11.7. The third-order valence-electron chi connectivity index (χ3n) is 3.12. The van der Waals surface area contributed by atoms with Gasteiger partial charge < -0.3 is 14.9 Å². The second-order valence-corrected chi connectivity index (χ2v) is 4.85. The maximum Gasteiger partial charge on any atom is 0.254 e. The van der Waals surface area contributed by atoms with Crippen LogP contribution >= 0.6 is 0 Å². The van der Waals surface area contributed by atoms with Gasteiger partial charge in [0, 0.05) is 33.4 Å². The van der Waals surface area contributed by atoms with Gasteiger partial charge in [-0.2, -0.15) is 0 Å². The summed E-state index contributed by atoms with van der Waals surface area (Å²) >= 11 is 0. The van der Waals surface area contributed by atoms with Crippen LogP contribution in [0.4, 0.5) is 5.82 Å². The minimum absolute atomic E-state index is 0.0484. The molecule has 5 heteroatoms. The smallest absolute Gasteiger partial charge is 0.254 e. The zero-order valence-electron chi connectivity index (χ0n) is 10.8. The van der Waals surface area contributed by atoms with Crippen molar-refractivity contribution in [2.45, 2.75) is 18.9 Å². The number of rotatable bonds is 2. The van der Waals surface area contributed by atoms with E-state index in [1.165, 1.54) is 4.90 Å². The Morgan fingerprint density at radius 2 is 2.28 bits per heavy atom. The molecule has 5 nitrogen and oxygen atoms in total. The monoisotopic (exact) mass is 249 g/mol. The van der Waals surface area contributed by atoms with Gasteiger partial charge in [-0.05, 0) is 25.0 Å². The Balaban J connectivity index is 2.10. The zero-order chi connectivity index (χ0) is 13.1. The topological polar surface area (TPSA) is 56.7 Å². The highest BCUT2D eigenvalue weighted by molar-refractivity contribution is 5.93. The number of aliphatic hydroxyl groups is 1. The minimum Gasteiger partial charge on any atom is -0.391 e. The highest BCUT2D eigenvalue weighted by Gasteiger charge is 2.19. The van der Waals surface area contributed by atoms with Crippen LogP contribution in [-0.2, 0) is 0 Å². The fourth-order valence-electron chi connectivity index (χ4n) is 2.12. The molecule has 2 rings (SSSR count). The van der Waals surface area contributed by atoms with Gasteiger partial charge in [-0.1, -0.05) is 0 Å². The van der Waals surface area contributed by atoms with Crippen molar-refractivity contribution in [3.63, 3.8) is 0 Å². The third-order valence-corrected chi connectivity index (χ3v) is 3.12. The number of nitrogens with zero attached hydrogens (tertiary/aromatic N) is 3. The van der Waals surface area contributed by atoms with Crippen LogP contribution in [0.5, 0.6) is 0 Å². The number of aliphatic hydroxyl groups excluding tert-OH is 1. The van der Waals surface area contributed by atoms with Crippen molar-refractivity contribution in [2.75, 3.05) is 32.1 Å². The molecule has 1 N–H and O–H groups in total. The summed E-state index contributed by atoms with van der Waals surface area (Å²) in [5.74, 6) is 0.775. The normalized spacial score (nSPS) is 19.7. The van der Waals surface area contributed by atoms with Crippen LogP contribution in [-0.4, -0.2) is 54.2 Å². The van der Waals surface area contributed by atoms with Gasteiger partial charge in [-0.15, -0.1) is 0 Å². The van der Waals surface area contributed by atoms with Crippen LogP contribution in [0.3, 0.4) is 0 Å². The van der Waals surface area contributed by atoms with Gasteiger partial charge in [0.25, 0.3) is 5.91 Å². The molecule has 18 heavy (non-hydrogen) atoms. The summed E-state index contributed by atoms with van der Waals surface area (Å²) in [4.78, 5) is 19.6. The SMILES string of the molecule is CN(C)C(=O)c1ccc(N2CCC[C@H](O)C2)nc1. The molecule has 1 atom stereocenters. The second kappa shape index (κ2) is 5.35. The molecule has 0 radical (unpaired) electrons. The van der Waals surface area contributed by atoms with Crippen molar-refractivity contribution in [2.24, 2.45) is 0 Å². The Morgan fingerprint density at radius 3 is 2.83 bits per heavy atom. The lowest BCUT2D eigenvalue weighted by molar-refractivity contribution is 0.0827. The number of β-amino-alcohol motifs (C(OH)–C–C–N with tert-alkyl or cyclic N) is 1. The second-order valence-electron chi connectivity index (χ2n) is 4.85. The lowest BCUT2D eigenvalue weighted by Crippen LogP contribution is -2.38. The first-order chi connectivity index (χ1) is 8.58. The quantitative estimate of drug-likeness (QED) is 0.840. The van der Waals surface area contributed by atoms with E-state index in [0.717, 1.165) is 25.2 Å². The van der Waals surface area contributed by atoms with Crippen molar-refractivity contribution >= 4 is 11.7 Å². The lowest BCUT2D eigenvalue weighted by atomic mass is 10.1. The van der Waals surface area contributed by atoms with Gasteiger partial charge in [-0.3, -0.25) is 4.79 Å². The Bertz CT molecular complexity index is 417. The molecule has 0 saturated carbocycles. The Labute approximate surface area is 107 Å². The Hall–Kier alpha value is -1.62. The highest BCUT2D eigenvalue weighted by atomic mass is 16.3. The maximum atomic E-state index is 11.7. The van der Waals surface area contributed by atoms with Crippen molar-refractivity contribution in [1.29, 1.82) is 0 Å². The Morgan fingerprint density at radius 1 is 1.50 bits per heavy atom. The number of anilines is 1. The molecule has 0 aliphatic carbocycles. The van der Waals surface area contributed by atoms with Crippen molar-refractivity contribution in [3.05, 3.63) is 23.9 Å². The Kier molecular flexibility index (Phi) is 3.81. The molecule has 1 aromatic rings. The number of amides is 1. The van der Waals surface area contributed by atoms with Crippen LogP contribution in [0.2, 0.25) is 0 Å². The van der Waals surface area contributed by atoms with E-state index in [0.29, 0.717) is 12.1 Å². The average Bonchev–Trinajstić information content (AvgIpc) is 2.38. The summed E-state index contributed by atoms with van der Waals surface area (Å²) in [5, 5.41) is 9.63. The van der Waals surface area contributed by atoms with Crippen LogP contribution in [0.15, 0.2) is 18.3 Å². The average molecular weight is 249 g/mol. The molecule has 0 aromatic carbocycles. The van der Waals surface area contributed by atoms with Crippen LogP contribution in [0.1, 0.15) is 23.2 Å². The summed E-state index contributed by atoms with van der Waals surface area (Å²) < 4.78 is 0. The molecule has 1 aromatic heterocycles. The van der Waals surface area contributed by atoms with E-state index in [9.17, 15) is 9.90 Å². The van der Waals surface area contributed by atoms with E-state index < -0.39 is 0 Å². The molecule has 1 fully saturated rings. The minimum atomic E-state index is -0.274. The molecule has 2 heterocycles. The summed E-state index contributed by atoms with van der Waals surface area (Å²) in [6.45, 7) is 1.53. The van der Waals surface area contributed by atoms with Crippen LogP contribution in [0, 0.1) is 0 Å². The number of aromatic nitrogens is 1. The largest absolute Gasteiger partial charge is 0.391 e. The van der Waals surface area contributed by atoms with E-state index in [-0.39, 0.29) is 12.0 Å². The number of carbonyl (C=O) groups is 1. The van der Waals surface area contributed by atoms with Gasteiger partial charge in [-0.25, -0.2) is 4.98 Å². The zero-order valence-corrected chi connectivity index (χ0v) is 10.8.